The van der Waals surface area contributed by atoms with Gasteiger partial charge < -0.3 is 10.1 Å². The highest BCUT2D eigenvalue weighted by Crippen LogP contribution is 2.30. The highest BCUT2D eigenvalue weighted by molar-refractivity contribution is 7.98. The molecule has 1 saturated heterocycles. The largest absolute Gasteiger partial charge is 0.476 e. The van der Waals surface area contributed by atoms with Crippen molar-refractivity contribution in [2.75, 3.05) is 39.0 Å². The second-order valence-corrected chi connectivity index (χ2v) is 9.59. The van der Waals surface area contributed by atoms with Gasteiger partial charge in [0, 0.05) is 36.2 Å². The molecular weight excluding hydrogens is 461 g/mol. The molecule has 2 aromatic carbocycles. The number of benzene rings is 2. The first-order valence-electron chi connectivity index (χ1n) is 12.1. The molecule has 0 radical (unpaired) electrons. The third kappa shape index (κ3) is 7.29. The number of carbonyl (C=O) groups excluding carboxylic acids is 1. The van der Waals surface area contributed by atoms with Gasteiger partial charge in [-0.1, -0.05) is 24.3 Å². The third-order valence-corrected chi connectivity index (χ3v) is 7.07. The Labute approximate surface area is 211 Å². The summed E-state index contributed by atoms with van der Waals surface area (Å²) in [6.07, 6.45) is 6.82. The summed E-state index contributed by atoms with van der Waals surface area (Å²) < 4.78 is 19.2. The molecule has 4 rings (SSSR count). The number of aromatic nitrogens is 1. The monoisotopic (exact) mass is 493 g/mol. The minimum Gasteiger partial charge on any atom is -0.476 e. The molecule has 1 amide bonds. The number of hydrogen-bond donors (Lipinski definition) is 1. The molecule has 1 N–H and O–H groups in total. The van der Waals surface area contributed by atoms with Crippen molar-refractivity contribution >= 4 is 17.7 Å². The van der Waals surface area contributed by atoms with E-state index in [1.165, 1.54) is 29.9 Å². The molecule has 1 fully saturated rings. The molecule has 1 unspecified atom stereocenters. The number of thioether (sulfide) groups is 1. The SMILES string of the molecule is CSc1cccc(C(CCNC(=O)c2ccc(OCCN3CCCC3)nc2)c2ccc(F)cc2)c1. The van der Waals surface area contributed by atoms with Crippen molar-refractivity contribution in [2.45, 2.75) is 30.1 Å². The van der Waals surface area contributed by atoms with E-state index in [1.807, 2.05) is 24.5 Å². The van der Waals surface area contributed by atoms with Crippen molar-refractivity contribution < 1.29 is 13.9 Å². The lowest BCUT2D eigenvalue weighted by atomic mass is 9.88. The van der Waals surface area contributed by atoms with Crippen LogP contribution in [0.1, 0.15) is 46.7 Å². The topological polar surface area (TPSA) is 54.5 Å². The van der Waals surface area contributed by atoms with E-state index in [0.29, 0.717) is 31.0 Å². The zero-order valence-electron chi connectivity index (χ0n) is 20.1. The van der Waals surface area contributed by atoms with Crippen molar-refractivity contribution in [1.82, 2.24) is 15.2 Å². The number of hydrogen-bond acceptors (Lipinski definition) is 5. The Balaban J connectivity index is 1.32. The number of likely N-dealkylation sites (tertiary alicyclic amines) is 1. The number of amides is 1. The van der Waals surface area contributed by atoms with Crippen LogP contribution in [0.4, 0.5) is 4.39 Å². The quantitative estimate of drug-likeness (QED) is 0.364. The lowest BCUT2D eigenvalue weighted by Gasteiger charge is -2.19. The zero-order valence-corrected chi connectivity index (χ0v) is 20.9. The summed E-state index contributed by atoms with van der Waals surface area (Å²) in [4.78, 5) is 20.5. The van der Waals surface area contributed by atoms with Crippen molar-refractivity contribution in [3.8, 4) is 5.88 Å². The maximum absolute atomic E-state index is 13.5. The molecule has 1 aliphatic rings. The molecule has 184 valence electrons. The Kier molecular flexibility index (Phi) is 9.15. The molecule has 1 aromatic heterocycles. The Hall–Kier alpha value is -2.90. The highest BCUT2D eigenvalue weighted by Gasteiger charge is 2.16. The maximum atomic E-state index is 13.5. The molecule has 7 heteroatoms. The molecule has 3 aromatic rings. The Morgan fingerprint density at radius 3 is 2.63 bits per heavy atom. The fourth-order valence-electron chi connectivity index (χ4n) is 4.40. The highest BCUT2D eigenvalue weighted by atomic mass is 32.2. The van der Waals surface area contributed by atoms with Crippen molar-refractivity contribution in [3.63, 3.8) is 0 Å². The first-order chi connectivity index (χ1) is 17.1. The average Bonchev–Trinajstić information content (AvgIpc) is 3.41. The van der Waals surface area contributed by atoms with Gasteiger partial charge in [-0.2, -0.15) is 0 Å². The number of pyridine rings is 1. The van der Waals surface area contributed by atoms with Crippen LogP contribution in [0.5, 0.6) is 5.88 Å². The minimum absolute atomic E-state index is 0.0486. The van der Waals surface area contributed by atoms with Crippen LogP contribution in [0.2, 0.25) is 0 Å². The second-order valence-electron chi connectivity index (χ2n) is 8.71. The van der Waals surface area contributed by atoms with Gasteiger partial charge in [-0.15, -0.1) is 11.8 Å². The van der Waals surface area contributed by atoms with Gasteiger partial charge in [-0.3, -0.25) is 9.69 Å². The van der Waals surface area contributed by atoms with E-state index in [-0.39, 0.29) is 17.6 Å². The average molecular weight is 494 g/mol. The fraction of sp³-hybridized carbons (Fsp3) is 0.357. The van der Waals surface area contributed by atoms with E-state index in [2.05, 4.69) is 33.4 Å². The van der Waals surface area contributed by atoms with E-state index in [1.54, 1.807) is 30.1 Å². The number of nitrogens with one attached hydrogen (secondary N) is 1. The molecule has 1 atom stereocenters. The zero-order chi connectivity index (χ0) is 24.5. The van der Waals surface area contributed by atoms with Crippen LogP contribution in [0.25, 0.3) is 0 Å². The lowest BCUT2D eigenvalue weighted by molar-refractivity contribution is 0.0952. The molecular formula is C28H32FN3O2S. The number of halogens is 1. The normalized spacial score (nSPS) is 14.6. The number of carbonyl (C=O) groups is 1. The molecule has 0 spiro atoms. The number of rotatable bonds is 11. The van der Waals surface area contributed by atoms with Gasteiger partial charge >= 0.3 is 0 Å². The molecule has 0 saturated carbocycles. The summed E-state index contributed by atoms with van der Waals surface area (Å²) in [5.74, 6) is 0.157. The predicted octanol–water partition coefficient (Wildman–Crippen LogP) is 5.37. The van der Waals surface area contributed by atoms with E-state index < -0.39 is 0 Å². The van der Waals surface area contributed by atoms with Crippen LogP contribution in [-0.2, 0) is 0 Å². The lowest BCUT2D eigenvalue weighted by Crippen LogP contribution is -2.26. The van der Waals surface area contributed by atoms with Crippen LogP contribution in [0, 0.1) is 5.82 Å². The van der Waals surface area contributed by atoms with Gasteiger partial charge in [-0.25, -0.2) is 9.37 Å². The molecule has 35 heavy (non-hydrogen) atoms. The van der Waals surface area contributed by atoms with Gasteiger partial charge in [0.05, 0.1) is 5.56 Å². The van der Waals surface area contributed by atoms with Gasteiger partial charge in [0.1, 0.15) is 12.4 Å². The van der Waals surface area contributed by atoms with Crippen LogP contribution < -0.4 is 10.1 Å². The number of nitrogens with zero attached hydrogens (tertiary/aromatic N) is 2. The van der Waals surface area contributed by atoms with Gasteiger partial charge in [-0.05, 0) is 80.1 Å². The first-order valence-corrected chi connectivity index (χ1v) is 13.3. The fourth-order valence-corrected chi connectivity index (χ4v) is 4.87. The van der Waals surface area contributed by atoms with E-state index in [4.69, 9.17) is 4.74 Å². The van der Waals surface area contributed by atoms with Crippen LogP contribution >= 0.6 is 11.8 Å². The summed E-state index contributed by atoms with van der Waals surface area (Å²) in [5.41, 5.74) is 2.67. The smallest absolute Gasteiger partial charge is 0.252 e. The number of ether oxygens (including phenoxy) is 1. The van der Waals surface area contributed by atoms with Crippen LogP contribution in [0.3, 0.4) is 0 Å². The van der Waals surface area contributed by atoms with E-state index in [0.717, 1.165) is 30.8 Å². The van der Waals surface area contributed by atoms with Crippen LogP contribution in [0.15, 0.2) is 71.8 Å². The molecule has 5 nitrogen and oxygen atoms in total. The van der Waals surface area contributed by atoms with Gasteiger partial charge in [0.15, 0.2) is 0 Å². The Bertz CT molecular complexity index is 1090. The molecule has 0 aliphatic carbocycles. The second kappa shape index (κ2) is 12.7. The van der Waals surface area contributed by atoms with Crippen LogP contribution in [-0.4, -0.2) is 54.8 Å². The predicted molar refractivity (Wildman–Crippen MR) is 139 cm³/mol. The first kappa shape index (κ1) is 25.2. The maximum Gasteiger partial charge on any atom is 0.252 e. The standard InChI is InChI=1S/C28H32FN3O2S/c1-35-25-6-4-5-22(19-25)26(21-7-10-24(29)11-8-21)13-14-30-28(33)23-9-12-27(31-20-23)34-18-17-32-15-2-3-16-32/h4-12,19-20,26H,2-3,13-18H2,1H3,(H,30,33). The summed E-state index contributed by atoms with van der Waals surface area (Å²) in [6.45, 7) is 4.26. The Morgan fingerprint density at radius 2 is 1.91 bits per heavy atom. The molecule has 1 aliphatic heterocycles. The third-order valence-electron chi connectivity index (χ3n) is 6.34. The summed E-state index contributed by atoms with van der Waals surface area (Å²) in [7, 11) is 0. The molecule has 2 heterocycles. The Morgan fingerprint density at radius 1 is 1.11 bits per heavy atom. The minimum atomic E-state index is -0.255. The van der Waals surface area contributed by atoms with Crippen molar-refractivity contribution in [2.24, 2.45) is 0 Å². The summed E-state index contributed by atoms with van der Waals surface area (Å²) in [5, 5.41) is 3.00. The summed E-state index contributed by atoms with van der Waals surface area (Å²) >= 11 is 1.69. The molecule has 0 bridgehead atoms. The van der Waals surface area contributed by atoms with Gasteiger partial charge in [0.2, 0.25) is 5.88 Å². The van der Waals surface area contributed by atoms with Gasteiger partial charge in [0.25, 0.3) is 5.91 Å². The van der Waals surface area contributed by atoms with Crippen molar-refractivity contribution in [3.05, 3.63) is 89.4 Å². The summed E-state index contributed by atoms with van der Waals surface area (Å²) in [6, 6.07) is 18.5. The van der Waals surface area contributed by atoms with E-state index >= 15 is 0 Å². The van der Waals surface area contributed by atoms with E-state index in [9.17, 15) is 9.18 Å². The van der Waals surface area contributed by atoms with Crippen molar-refractivity contribution in [1.29, 1.82) is 0 Å².